The SMILES string of the molecule is C/C(=C\CC(O)/C(C)=C/c1ncccc1C)CC/C=C(\C)CO[Si](C)(C)C(C)(C)C. The first-order valence-electron chi connectivity index (χ1n) is 11.1. The second-order valence-electron chi connectivity index (χ2n) is 10.0. The van der Waals surface area contributed by atoms with Crippen molar-refractivity contribution >= 4 is 14.4 Å². The highest BCUT2D eigenvalue weighted by atomic mass is 28.4. The Morgan fingerprint density at radius 1 is 1.17 bits per heavy atom. The highest BCUT2D eigenvalue weighted by Gasteiger charge is 2.36. The van der Waals surface area contributed by atoms with Crippen LogP contribution in [-0.4, -0.2) is 31.1 Å². The summed E-state index contributed by atoms with van der Waals surface area (Å²) in [7, 11) is -1.69. The second kappa shape index (κ2) is 11.8. The monoisotopic (exact) mass is 429 g/mol. The van der Waals surface area contributed by atoms with Gasteiger partial charge in [0.15, 0.2) is 8.32 Å². The van der Waals surface area contributed by atoms with Gasteiger partial charge in [-0.15, -0.1) is 0 Å². The second-order valence-corrected chi connectivity index (χ2v) is 14.8. The number of nitrogens with zero attached hydrogens (tertiary/aromatic N) is 1. The van der Waals surface area contributed by atoms with Gasteiger partial charge in [0.05, 0.1) is 18.4 Å². The molecule has 4 heteroatoms. The van der Waals surface area contributed by atoms with Crippen LogP contribution in [0.1, 0.15) is 72.1 Å². The van der Waals surface area contributed by atoms with Crippen molar-refractivity contribution in [1.82, 2.24) is 4.98 Å². The van der Waals surface area contributed by atoms with Crippen LogP contribution in [0.4, 0.5) is 0 Å². The summed E-state index contributed by atoms with van der Waals surface area (Å²) in [5, 5.41) is 10.7. The molecule has 30 heavy (non-hydrogen) atoms. The van der Waals surface area contributed by atoms with E-state index in [1.54, 1.807) is 6.20 Å². The fraction of sp³-hybridized carbons (Fsp3) is 0.577. The summed E-state index contributed by atoms with van der Waals surface area (Å²) in [5.74, 6) is 0. The molecule has 1 aromatic heterocycles. The van der Waals surface area contributed by atoms with Gasteiger partial charge >= 0.3 is 0 Å². The number of aryl methyl sites for hydroxylation is 1. The van der Waals surface area contributed by atoms with E-state index >= 15 is 0 Å². The summed E-state index contributed by atoms with van der Waals surface area (Å²) in [6.45, 7) is 20.4. The number of hydrogen-bond donors (Lipinski definition) is 1. The molecule has 168 valence electrons. The number of rotatable bonds is 10. The van der Waals surface area contributed by atoms with Gasteiger partial charge in [0.1, 0.15) is 0 Å². The Balaban J connectivity index is 2.50. The molecular formula is C26H43NO2Si. The van der Waals surface area contributed by atoms with Gasteiger partial charge < -0.3 is 9.53 Å². The van der Waals surface area contributed by atoms with Crippen molar-refractivity contribution in [3.8, 4) is 0 Å². The van der Waals surface area contributed by atoms with Gasteiger partial charge in [0.2, 0.25) is 0 Å². The highest BCUT2D eigenvalue weighted by molar-refractivity contribution is 6.74. The minimum atomic E-state index is -1.69. The minimum Gasteiger partial charge on any atom is -0.413 e. The third-order valence-electron chi connectivity index (χ3n) is 6.13. The lowest BCUT2D eigenvalue weighted by molar-refractivity contribution is 0.215. The largest absolute Gasteiger partial charge is 0.413 e. The molecule has 0 saturated heterocycles. The summed E-state index contributed by atoms with van der Waals surface area (Å²) in [5.41, 5.74) is 5.60. The van der Waals surface area contributed by atoms with Crippen molar-refractivity contribution in [2.75, 3.05) is 6.61 Å². The molecule has 1 heterocycles. The maximum Gasteiger partial charge on any atom is 0.192 e. The molecule has 0 bridgehead atoms. The molecule has 1 unspecified atom stereocenters. The third-order valence-corrected chi connectivity index (χ3v) is 10.6. The number of aliphatic hydroxyl groups excluding tert-OH is 1. The van der Waals surface area contributed by atoms with Crippen molar-refractivity contribution in [2.24, 2.45) is 0 Å². The van der Waals surface area contributed by atoms with Crippen LogP contribution in [0.15, 0.2) is 47.2 Å². The lowest BCUT2D eigenvalue weighted by Gasteiger charge is -2.36. The Kier molecular flexibility index (Phi) is 10.4. The van der Waals surface area contributed by atoms with E-state index in [4.69, 9.17) is 4.43 Å². The van der Waals surface area contributed by atoms with Crippen LogP contribution in [0.25, 0.3) is 6.08 Å². The molecule has 0 radical (unpaired) electrons. The number of hydrogen-bond acceptors (Lipinski definition) is 3. The van der Waals surface area contributed by atoms with Crippen molar-refractivity contribution in [1.29, 1.82) is 0 Å². The van der Waals surface area contributed by atoms with E-state index in [-0.39, 0.29) is 5.04 Å². The topological polar surface area (TPSA) is 42.4 Å². The van der Waals surface area contributed by atoms with Crippen molar-refractivity contribution in [2.45, 2.75) is 92.0 Å². The van der Waals surface area contributed by atoms with Crippen LogP contribution in [0.2, 0.25) is 18.1 Å². The van der Waals surface area contributed by atoms with Crippen LogP contribution in [0, 0.1) is 6.92 Å². The van der Waals surface area contributed by atoms with Crippen LogP contribution < -0.4 is 0 Å². The number of aliphatic hydroxyl groups is 1. The van der Waals surface area contributed by atoms with E-state index in [9.17, 15) is 5.11 Å². The smallest absolute Gasteiger partial charge is 0.192 e. The molecule has 0 aliphatic carbocycles. The molecule has 0 fully saturated rings. The first-order valence-corrected chi connectivity index (χ1v) is 14.0. The predicted octanol–water partition coefficient (Wildman–Crippen LogP) is 7.24. The molecule has 1 aromatic rings. The maximum absolute atomic E-state index is 10.5. The number of pyridine rings is 1. The van der Waals surface area contributed by atoms with Crippen LogP contribution >= 0.6 is 0 Å². The Bertz CT molecular complexity index is 769. The van der Waals surface area contributed by atoms with Gasteiger partial charge in [-0.3, -0.25) is 4.98 Å². The van der Waals surface area contributed by atoms with Gasteiger partial charge in [0, 0.05) is 6.20 Å². The van der Waals surface area contributed by atoms with Gasteiger partial charge in [0.25, 0.3) is 0 Å². The molecule has 1 N–H and O–H groups in total. The number of aromatic nitrogens is 1. The standard InChI is InChI=1S/C26H43NO2Si/c1-20(12-10-13-21(2)19-29-30(8,9)26(5,6)7)15-16-25(28)23(4)18-24-22(3)14-11-17-27-24/h11,13-15,17-18,25,28H,10,12,16,19H2,1-9H3/b20-15+,21-13+,23-18+. The first-order chi connectivity index (χ1) is 13.8. The molecule has 1 rings (SSSR count). The third kappa shape index (κ3) is 9.11. The summed E-state index contributed by atoms with van der Waals surface area (Å²) >= 11 is 0. The lowest BCUT2D eigenvalue weighted by Crippen LogP contribution is -2.41. The molecule has 3 nitrogen and oxygen atoms in total. The Hall–Kier alpha value is -1.49. The minimum absolute atomic E-state index is 0.245. The van der Waals surface area contributed by atoms with Gasteiger partial charge in [-0.25, -0.2) is 0 Å². The van der Waals surface area contributed by atoms with Gasteiger partial charge in [-0.1, -0.05) is 50.1 Å². The quantitative estimate of drug-likeness (QED) is 0.315. The fourth-order valence-electron chi connectivity index (χ4n) is 2.68. The van der Waals surface area contributed by atoms with E-state index < -0.39 is 14.4 Å². The Morgan fingerprint density at radius 3 is 2.43 bits per heavy atom. The van der Waals surface area contributed by atoms with E-state index in [0.717, 1.165) is 36.3 Å². The van der Waals surface area contributed by atoms with Crippen LogP contribution in [0.3, 0.4) is 0 Å². The average molecular weight is 430 g/mol. The zero-order valence-corrected chi connectivity index (χ0v) is 21.7. The van der Waals surface area contributed by atoms with Crippen LogP contribution in [-0.2, 0) is 4.43 Å². The summed E-state index contributed by atoms with van der Waals surface area (Å²) in [6.07, 6.45) is 10.4. The zero-order chi connectivity index (χ0) is 22.9. The normalized spacial score (nSPS) is 15.5. The highest BCUT2D eigenvalue weighted by Crippen LogP contribution is 2.36. The number of allylic oxidation sites excluding steroid dienone is 2. The van der Waals surface area contributed by atoms with Gasteiger partial charge in [-0.05, 0) is 88.4 Å². The summed E-state index contributed by atoms with van der Waals surface area (Å²) < 4.78 is 6.29. The molecule has 0 amide bonds. The van der Waals surface area contributed by atoms with E-state index in [1.165, 1.54) is 11.1 Å². The van der Waals surface area contributed by atoms with Gasteiger partial charge in [-0.2, -0.15) is 0 Å². The zero-order valence-electron chi connectivity index (χ0n) is 20.7. The first kappa shape index (κ1) is 26.5. The Morgan fingerprint density at radius 2 is 1.83 bits per heavy atom. The van der Waals surface area contributed by atoms with Crippen molar-refractivity contribution in [3.05, 3.63) is 58.5 Å². The fourth-order valence-corrected chi connectivity index (χ4v) is 3.70. The van der Waals surface area contributed by atoms with Crippen molar-refractivity contribution < 1.29 is 9.53 Å². The lowest BCUT2D eigenvalue weighted by atomic mass is 10.0. The summed E-state index contributed by atoms with van der Waals surface area (Å²) in [6, 6.07) is 3.97. The van der Waals surface area contributed by atoms with Crippen LogP contribution in [0.5, 0.6) is 0 Å². The van der Waals surface area contributed by atoms with Crippen molar-refractivity contribution in [3.63, 3.8) is 0 Å². The molecule has 0 saturated carbocycles. The summed E-state index contributed by atoms with van der Waals surface area (Å²) in [4.78, 5) is 4.38. The predicted molar refractivity (Wildman–Crippen MR) is 133 cm³/mol. The molecule has 0 aliphatic heterocycles. The molecular weight excluding hydrogens is 386 g/mol. The van der Waals surface area contributed by atoms with E-state index in [1.807, 2.05) is 32.1 Å². The maximum atomic E-state index is 10.5. The molecule has 0 aromatic carbocycles. The van der Waals surface area contributed by atoms with E-state index in [0.29, 0.717) is 6.42 Å². The molecule has 0 spiro atoms. The average Bonchev–Trinajstić information content (AvgIpc) is 2.65. The van der Waals surface area contributed by atoms with E-state index in [2.05, 4.69) is 64.8 Å². The molecule has 0 aliphatic rings. The Labute approximate surface area is 186 Å². The molecule has 1 atom stereocenters.